The fraction of sp³-hybridized carbons (Fsp3) is 0.500. The van der Waals surface area contributed by atoms with Gasteiger partial charge in [-0.15, -0.1) is 0 Å². The minimum Gasteiger partial charge on any atom is -0.270 e. The number of rotatable bonds is 5. The molecule has 0 fully saturated rings. The highest BCUT2D eigenvalue weighted by molar-refractivity contribution is 7.85. The second-order valence-corrected chi connectivity index (χ2v) is 5.34. The summed E-state index contributed by atoms with van der Waals surface area (Å²) < 4.78 is 64.1. The van der Waals surface area contributed by atoms with Gasteiger partial charge < -0.3 is 0 Å². The Bertz CT molecular complexity index is 473. The van der Waals surface area contributed by atoms with Crippen molar-refractivity contribution in [3.63, 3.8) is 0 Å². The van der Waals surface area contributed by atoms with Crippen LogP contribution in [0.5, 0.6) is 0 Å². The van der Waals surface area contributed by atoms with Crippen molar-refractivity contribution < 1.29 is 25.8 Å². The maximum absolute atomic E-state index is 12.8. The van der Waals surface area contributed by atoms with Crippen LogP contribution in [0.4, 0.5) is 13.2 Å². The maximum Gasteiger partial charge on any atom is 0.395 e. The fourth-order valence-electron chi connectivity index (χ4n) is 1.42. The van der Waals surface area contributed by atoms with Crippen molar-refractivity contribution in [1.82, 2.24) is 4.98 Å². The molecule has 0 N–H and O–H groups in total. The lowest BCUT2D eigenvalue weighted by molar-refractivity contribution is -0.153. The van der Waals surface area contributed by atoms with Crippen LogP contribution in [0.2, 0.25) is 0 Å². The van der Waals surface area contributed by atoms with Gasteiger partial charge in [0, 0.05) is 12.4 Å². The van der Waals surface area contributed by atoms with Gasteiger partial charge in [-0.05, 0) is 18.1 Å². The highest BCUT2D eigenvalue weighted by atomic mass is 32.2. The van der Waals surface area contributed by atoms with E-state index >= 15 is 0 Å². The van der Waals surface area contributed by atoms with Crippen LogP contribution in [0.15, 0.2) is 24.5 Å². The van der Waals surface area contributed by atoms with Gasteiger partial charge in [0.2, 0.25) is 0 Å². The highest BCUT2D eigenvalue weighted by Gasteiger charge is 2.40. The molecule has 0 radical (unpaired) electrons. The number of alkyl halides is 3. The standard InChI is InChI=1S/C10H12F3NO3S/c1-18(15,16)17-6-4-9(10(11,12)13)8-3-2-5-14-7-8/h2-3,5,7,9H,4,6H2,1H3. The first-order chi connectivity index (χ1) is 8.20. The first kappa shape index (κ1) is 14.9. The van der Waals surface area contributed by atoms with Crippen LogP contribution in [-0.4, -0.2) is 32.4 Å². The summed E-state index contributed by atoms with van der Waals surface area (Å²) in [5.41, 5.74) is -0.0119. The molecular weight excluding hydrogens is 271 g/mol. The SMILES string of the molecule is CS(=O)(=O)OCCC(c1cccnc1)C(F)(F)F. The Balaban J connectivity index is 2.76. The van der Waals surface area contributed by atoms with Gasteiger partial charge in [0.25, 0.3) is 10.1 Å². The monoisotopic (exact) mass is 283 g/mol. The molecule has 0 bridgehead atoms. The number of hydrogen-bond donors (Lipinski definition) is 0. The molecule has 0 amide bonds. The van der Waals surface area contributed by atoms with E-state index in [0.717, 1.165) is 12.5 Å². The molecule has 0 aliphatic heterocycles. The van der Waals surface area contributed by atoms with Crippen molar-refractivity contribution in [2.75, 3.05) is 12.9 Å². The maximum atomic E-state index is 12.8. The zero-order valence-corrected chi connectivity index (χ0v) is 10.3. The lowest BCUT2D eigenvalue weighted by Gasteiger charge is -2.19. The lowest BCUT2D eigenvalue weighted by Crippen LogP contribution is -2.23. The van der Waals surface area contributed by atoms with Crippen molar-refractivity contribution >= 4 is 10.1 Å². The third kappa shape index (κ3) is 5.01. The molecule has 1 unspecified atom stereocenters. The third-order valence-corrected chi connectivity index (χ3v) is 2.78. The number of hydrogen-bond acceptors (Lipinski definition) is 4. The molecule has 1 aromatic rings. The first-order valence-electron chi connectivity index (χ1n) is 5.01. The van der Waals surface area contributed by atoms with Gasteiger partial charge in [0.1, 0.15) is 0 Å². The van der Waals surface area contributed by atoms with Crippen LogP contribution < -0.4 is 0 Å². The molecule has 1 atom stereocenters. The van der Waals surface area contributed by atoms with Gasteiger partial charge in [0.05, 0.1) is 18.8 Å². The predicted octanol–water partition coefficient (Wildman–Crippen LogP) is 2.09. The normalized spacial score (nSPS) is 14.4. The molecule has 0 saturated heterocycles. The molecule has 1 aromatic heterocycles. The summed E-state index contributed by atoms with van der Waals surface area (Å²) in [6.07, 6.45) is -1.67. The summed E-state index contributed by atoms with van der Waals surface area (Å²) in [7, 11) is -3.73. The van der Waals surface area contributed by atoms with E-state index in [0.29, 0.717) is 0 Å². The minimum atomic E-state index is -4.47. The average Bonchev–Trinajstić information content (AvgIpc) is 2.22. The van der Waals surface area contributed by atoms with Crippen LogP contribution in [0, 0.1) is 0 Å². The van der Waals surface area contributed by atoms with Gasteiger partial charge in [-0.1, -0.05) is 6.07 Å². The Hall–Kier alpha value is -1.15. The number of pyridine rings is 1. The third-order valence-electron chi connectivity index (χ3n) is 2.19. The Morgan fingerprint density at radius 1 is 1.44 bits per heavy atom. The highest BCUT2D eigenvalue weighted by Crippen LogP contribution is 2.36. The Morgan fingerprint density at radius 3 is 2.56 bits per heavy atom. The van der Waals surface area contributed by atoms with Crippen molar-refractivity contribution in [2.45, 2.75) is 18.5 Å². The topological polar surface area (TPSA) is 56.3 Å². The van der Waals surface area contributed by atoms with Gasteiger partial charge in [-0.2, -0.15) is 21.6 Å². The second-order valence-electron chi connectivity index (χ2n) is 3.70. The molecular formula is C10H12F3NO3S. The van der Waals surface area contributed by atoms with Crippen LogP contribution in [0.1, 0.15) is 17.9 Å². The molecule has 0 aliphatic rings. The van der Waals surface area contributed by atoms with E-state index in [-0.39, 0.29) is 5.56 Å². The molecule has 1 rings (SSSR count). The van der Waals surface area contributed by atoms with Crippen LogP contribution in [0.25, 0.3) is 0 Å². The fourth-order valence-corrected chi connectivity index (χ4v) is 1.82. The van der Waals surface area contributed by atoms with E-state index in [1.54, 1.807) is 0 Å². The van der Waals surface area contributed by atoms with Crippen molar-refractivity contribution in [2.24, 2.45) is 0 Å². The summed E-state index contributed by atoms with van der Waals surface area (Å²) in [6.45, 7) is -0.516. The van der Waals surface area contributed by atoms with E-state index in [9.17, 15) is 21.6 Å². The summed E-state index contributed by atoms with van der Waals surface area (Å²) in [4.78, 5) is 3.62. The summed E-state index contributed by atoms with van der Waals surface area (Å²) in [6, 6.07) is 2.69. The first-order valence-corrected chi connectivity index (χ1v) is 6.83. The van der Waals surface area contributed by atoms with Crippen LogP contribution in [-0.2, 0) is 14.3 Å². The molecule has 0 spiro atoms. The number of aromatic nitrogens is 1. The molecule has 102 valence electrons. The molecule has 1 heterocycles. The summed E-state index contributed by atoms with van der Waals surface area (Å²) in [5.74, 6) is -1.78. The van der Waals surface area contributed by atoms with E-state index in [1.807, 2.05) is 0 Å². The van der Waals surface area contributed by atoms with Gasteiger partial charge in [-0.3, -0.25) is 9.17 Å². The molecule has 4 nitrogen and oxygen atoms in total. The number of nitrogens with zero attached hydrogens (tertiary/aromatic N) is 1. The predicted molar refractivity (Wildman–Crippen MR) is 58.4 cm³/mol. The quantitative estimate of drug-likeness (QED) is 0.776. The van der Waals surface area contributed by atoms with Crippen LogP contribution in [0.3, 0.4) is 0 Å². The Labute approximate surface area is 103 Å². The average molecular weight is 283 g/mol. The zero-order valence-electron chi connectivity index (χ0n) is 9.52. The van der Waals surface area contributed by atoms with Crippen molar-refractivity contribution in [3.05, 3.63) is 30.1 Å². The van der Waals surface area contributed by atoms with E-state index in [4.69, 9.17) is 0 Å². The zero-order chi connectivity index (χ0) is 13.8. The molecule has 0 aromatic carbocycles. The smallest absolute Gasteiger partial charge is 0.270 e. The Kier molecular flexibility index (Phi) is 4.69. The molecule has 0 aliphatic carbocycles. The lowest BCUT2D eigenvalue weighted by atomic mass is 9.97. The number of halogens is 3. The Morgan fingerprint density at radius 2 is 2.11 bits per heavy atom. The van der Waals surface area contributed by atoms with Crippen LogP contribution >= 0.6 is 0 Å². The van der Waals surface area contributed by atoms with Gasteiger partial charge in [-0.25, -0.2) is 0 Å². The van der Waals surface area contributed by atoms with E-state index in [2.05, 4.69) is 9.17 Å². The summed E-state index contributed by atoms with van der Waals surface area (Å²) in [5, 5.41) is 0. The molecule has 18 heavy (non-hydrogen) atoms. The molecule has 8 heteroatoms. The van der Waals surface area contributed by atoms with E-state index < -0.39 is 35.2 Å². The van der Waals surface area contributed by atoms with E-state index in [1.165, 1.54) is 18.3 Å². The summed E-state index contributed by atoms with van der Waals surface area (Å²) >= 11 is 0. The van der Waals surface area contributed by atoms with Gasteiger partial charge >= 0.3 is 6.18 Å². The second kappa shape index (κ2) is 5.66. The van der Waals surface area contributed by atoms with Gasteiger partial charge in [0.15, 0.2) is 0 Å². The minimum absolute atomic E-state index is 0.0119. The molecule has 0 saturated carbocycles. The van der Waals surface area contributed by atoms with Crippen molar-refractivity contribution in [1.29, 1.82) is 0 Å². The largest absolute Gasteiger partial charge is 0.395 e. The van der Waals surface area contributed by atoms with Crippen molar-refractivity contribution in [3.8, 4) is 0 Å².